The maximum Gasteiger partial charge on any atom is 0.155 e. The van der Waals surface area contributed by atoms with Gasteiger partial charge in [-0.1, -0.05) is 19.3 Å². The van der Waals surface area contributed by atoms with Crippen molar-refractivity contribution in [3.8, 4) is 0 Å². The second-order valence-electron chi connectivity index (χ2n) is 5.24. The van der Waals surface area contributed by atoms with Gasteiger partial charge in [0.25, 0.3) is 0 Å². The van der Waals surface area contributed by atoms with Crippen molar-refractivity contribution >= 4 is 21.6 Å². The van der Waals surface area contributed by atoms with Crippen molar-refractivity contribution in [2.24, 2.45) is 0 Å². The molecular formula is C14H19BrN4. The first-order valence-electron chi connectivity index (χ1n) is 6.98. The van der Waals surface area contributed by atoms with E-state index in [1.807, 2.05) is 11.6 Å². The molecule has 4 nitrogen and oxygen atoms in total. The third-order valence-electron chi connectivity index (χ3n) is 3.88. The fourth-order valence-corrected chi connectivity index (χ4v) is 3.35. The average Bonchev–Trinajstić information content (AvgIpc) is 2.77. The Labute approximate surface area is 121 Å². The number of aromatic nitrogens is 3. The predicted octanol–water partition coefficient (Wildman–Crippen LogP) is 3.26. The number of nitrogens with one attached hydrogen (secondary N) is 1. The minimum atomic E-state index is 0.625. The maximum absolute atomic E-state index is 4.78. The number of nitrogens with zero attached hydrogens (tertiary/aromatic N) is 3. The summed E-state index contributed by atoms with van der Waals surface area (Å²) in [5, 5.41) is 7.91. The first-order chi connectivity index (χ1) is 9.29. The first-order valence-corrected chi connectivity index (χ1v) is 7.77. The number of halogens is 1. The Bertz CT molecular complexity index is 572. The molecule has 0 aliphatic heterocycles. The van der Waals surface area contributed by atoms with Crippen molar-refractivity contribution in [1.82, 2.24) is 19.9 Å². The first kappa shape index (κ1) is 13.1. The fourth-order valence-electron chi connectivity index (χ4n) is 2.86. The van der Waals surface area contributed by atoms with Crippen LogP contribution in [0.5, 0.6) is 0 Å². The van der Waals surface area contributed by atoms with Crippen LogP contribution in [-0.4, -0.2) is 21.6 Å². The molecule has 0 amide bonds. The zero-order chi connectivity index (χ0) is 13.2. The van der Waals surface area contributed by atoms with E-state index in [0.29, 0.717) is 5.92 Å². The van der Waals surface area contributed by atoms with Gasteiger partial charge in [0.2, 0.25) is 0 Å². The Morgan fingerprint density at radius 2 is 2.11 bits per heavy atom. The van der Waals surface area contributed by atoms with Crippen LogP contribution in [0.25, 0.3) is 5.65 Å². The highest BCUT2D eigenvalue weighted by Crippen LogP contribution is 2.31. The SMILES string of the molecule is CNCc1nc2ccc(C3CCCCC3)nn2c1Br. The van der Waals surface area contributed by atoms with Crippen molar-refractivity contribution in [2.75, 3.05) is 7.05 Å². The normalized spacial score (nSPS) is 17.2. The van der Waals surface area contributed by atoms with Crippen LogP contribution in [0.15, 0.2) is 16.7 Å². The summed E-state index contributed by atoms with van der Waals surface area (Å²) in [5.41, 5.74) is 3.13. The molecule has 0 aromatic carbocycles. The molecule has 5 heteroatoms. The molecule has 0 atom stereocenters. The summed E-state index contributed by atoms with van der Waals surface area (Å²) in [6.45, 7) is 0.753. The summed E-state index contributed by atoms with van der Waals surface area (Å²) in [7, 11) is 1.93. The van der Waals surface area contributed by atoms with Crippen LogP contribution in [0.3, 0.4) is 0 Å². The molecule has 102 valence electrons. The number of rotatable bonds is 3. The van der Waals surface area contributed by atoms with E-state index < -0.39 is 0 Å². The van der Waals surface area contributed by atoms with Gasteiger partial charge in [-0.25, -0.2) is 9.50 Å². The van der Waals surface area contributed by atoms with Gasteiger partial charge in [0.05, 0.1) is 11.4 Å². The van der Waals surface area contributed by atoms with E-state index in [-0.39, 0.29) is 0 Å². The molecule has 0 radical (unpaired) electrons. The lowest BCUT2D eigenvalue weighted by molar-refractivity contribution is 0.433. The van der Waals surface area contributed by atoms with Crippen LogP contribution in [0.4, 0.5) is 0 Å². The summed E-state index contributed by atoms with van der Waals surface area (Å²) in [6.07, 6.45) is 6.59. The van der Waals surface area contributed by atoms with Crippen LogP contribution in [-0.2, 0) is 6.54 Å². The summed E-state index contributed by atoms with van der Waals surface area (Å²) >= 11 is 3.61. The number of fused-ring (bicyclic) bond motifs is 1. The van der Waals surface area contributed by atoms with Gasteiger partial charge in [0, 0.05) is 12.5 Å². The van der Waals surface area contributed by atoms with E-state index >= 15 is 0 Å². The highest BCUT2D eigenvalue weighted by Gasteiger charge is 2.18. The molecule has 1 aliphatic rings. The molecule has 0 bridgehead atoms. The van der Waals surface area contributed by atoms with Gasteiger partial charge in [0.1, 0.15) is 4.60 Å². The van der Waals surface area contributed by atoms with Crippen LogP contribution in [0, 0.1) is 0 Å². The van der Waals surface area contributed by atoms with Crippen LogP contribution in [0.1, 0.15) is 49.4 Å². The van der Waals surface area contributed by atoms with Crippen LogP contribution >= 0.6 is 15.9 Å². The number of hydrogen-bond donors (Lipinski definition) is 1. The molecule has 1 N–H and O–H groups in total. The summed E-state index contributed by atoms with van der Waals surface area (Å²) in [6, 6.07) is 4.23. The number of hydrogen-bond acceptors (Lipinski definition) is 3. The monoisotopic (exact) mass is 322 g/mol. The van der Waals surface area contributed by atoms with Gasteiger partial charge in [-0.3, -0.25) is 0 Å². The van der Waals surface area contributed by atoms with Crippen molar-refractivity contribution in [3.63, 3.8) is 0 Å². The third kappa shape index (κ3) is 2.54. The van der Waals surface area contributed by atoms with Gasteiger partial charge in [-0.2, -0.15) is 5.10 Å². The molecule has 1 aliphatic carbocycles. The Hall–Kier alpha value is -0.940. The molecule has 0 saturated heterocycles. The molecule has 1 fully saturated rings. The smallest absolute Gasteiger partial charge is 0.155 e. The van der Waals surface area contributed by atoms with Crippen molar-refractivity contribution < 1.29 is 0 Å². The molecule has 2 aromatic rings. The summed E-state index contributed by atoms with van der Waals surface area (Å²) in [4.78, 5) is 4.58. The van der Waals surface area contributed by atoms with Crippen LogP contribution < -0.4 is 5.32 Å². The summed E-state index contributed by atoms with van der Waals surface area (Å²) < 4.78 is 2.89. The van der Waals surface area contributed by atoms with E-state index in [4.69, 9.17) is 5.10 Å². The molecule has 0 unspecified atom stereocenters. The van der Waals surface area contributed by atoms with Crippen molar-refractivity contribution in [3.05, 3.63) is 28.1 Å². The fraction of sp³-hybridized carbons (Fsp3) is 0.571. The minimum Gasteiger partial charge on any atom is -0.314 e. The zero-order valence-corrected chi connectivity index (χ0v) is 12.8. The lowest BCUT2D eigenvalue weighted by Gasteiger charge is -2.20. The van der Waals surface area contributed by atoms with Crippen molar-refractivity contribution in [1.29, 1.82) is 0 Å². The minimum absolute atomic E-state index is 0.625. The molecule has 3 rings (SSSR count). The van der Waals surface area contributed by atoms with Gasteiger partial charge in [-0.05, 0) is 48.0 Å². The van der Waals surface area contributed by atoms with E-state index in [2.05, 4.69) is 38.4 Å². The second kappa shape index (κ2) is 5.59. The molecule has 2 aromatic heterocycles. The largest absolute Gasteiger partial charge is 0.314 e. The van der Waals surface area contributed by atoms with Crippen LogP contribution in [0.2, 0.25) is 0 Å². The van der Waals surface area contributed by atoms with E-state index in [1.54, 1.807) is 0 Å². The zero-order valence-electron chi connectivity index (χ0n) is 11.2. The van der Waals surface area contributed by atoms with E-state index in [9.17, 15) is 0 Å². The molecule has 0 spiro atoms. The van der Waals surface area contributed by atoms with Gasteiger partial charge in [0.15, 0.2) is 5.65 Å². The van der Waals surface area contributed by atoms with E-state index in [1.165, 1.54) is 37.8 Å². The highest BCUT2D eigenvalue weighted by molar-refractivity contribution is 9.10. The predicted molar refractivity (Wildman–Crippen MR) is 79.3 cm³/mol. The molecule has 2 heterocycles. The average molecular weight is 323 g/mol. The lowest BCUT2D eigenvalue weighted by atomic mass is 9.87. The number of imidazole rings is 1. The van der Waals surface area contributed by atoms with Gasteiger partial charge < -0.3 is 5.32 Å². The van der Waals surface area contributed by atoms with Crippen molar-refractivity contribution in [2.45, 2.75) is 44.6 Å². The third-order valence-corrected chi connectivity index (χ3v) is 4.67. The van der Waals surface area contributed by atoms with Gasteiger partial charge in [-0.15, -0.1) is 0 Å². The molecule has 19 heavy (non-hydrogen) atoms. The Morgan fingerprint density at radius 1 is 1.32 bits per heavy atom. The van der Waals surface area contributed by atoms with Gasteiger partial charge >= 0.3 is 0 Å². The highest BCUT2D eigenvalue weighted by atomic mass is 79.9. The topological polar surface area (TPSA) is 42.2 Å². The maximum atomic E-state index is 4.78. The lowest BCUT2D eigenvalue weighted by Crippen LogP contribution is -2.09. The quantitative estimate of drug-likeness (QED) is 0.943. The molecular weight excluding hydrogens is 304 g/mol. The standard InChI is InChI=1S/C14H19BrN4/c1-16-9-12-14(15)19-13(17-12)8-7-11(18-19)10-5-3-2-4-6-10/h7-8,10,16H,2-6,9H2,1H3. The molecule has 1 saturated carbocycles. The summed E-state index contributed by atoms with van der Waals surface area (Å²) in [5.74, 6) is 0.625. The Morgan fingerprint density at radius 3 is 2.84 bits per heavy atom. The second-order valence-corrected chi connectivity index (χ2v) is 5.99. The van der Waals surface area contributed by atoms with E-state index in [0.717, 1.165) is 22.5 Å². The Balaban J connectivity index is 1.97. The Kier molecular flexibility index (Phi) is 3.84.